The lowest BCUT2D eigenvalue weighted by atomic mass is 10.2. The fourth-order valence-electron chi connectivity index (χ4n) is 1.72. The quantitative estimate of drug-likeness (QED) is 0.449. The van der Waals surface area contributed by atoms with E-state index in [-0.39, 0.29) is 32.9 Å². The molecule has 1 heterocycles. The van der Waals surface area contributed by atoms with Crippen LogP contribution >= 0.6 is 35.0 Å². The molecule has 1 amide bonds. The number of amidine groups is 1. The van der Waals surface area contributed by atoms with Gasteiger partial charge in [-0.3, -0.25) is 19.7 Å². The molecule has 9 nitrogen and oxygen atoms in total. The molecule has 1 atom stereocenters. The smallest absolute Gasteiger partial charge is 0.305 e. The summed E-state index contributed by atoms with van der Waals surface area (Å²) in [5.41, 5.74) is -0.338. The number of benzene rings is 1. The van der Waals surface area contributed by atoms with Gasteiger partial charge in [0.1, 0.15) is 5.25 Å². The number of carboxylic acid groups (broad SMARTS) is 1. The fraction of sp³-hybridized carbons (Fsp3) is 0.167. The molecule has 0 saturated carbocycles. The van der Waals surface area contributed by atoms with Crippen LogP contribution in [0.2, 0.25) is 10.0 Å². The molecule has 1 fully saturated rings. The number of hydrogen-bond acceptors (Lipinski definition) is 7. The topological polar surface area (TPSA) is 134 Å². The maximum absolute atomic E-state index is 11.5. The second-order valence-electron chi connectivity index (χ2n) is 4.39. The number of halogens is 2. The Bertz CT molecular complexity index is 783. The first-order valence-corrected chi connectivity index (χ1v) is 7.86. The van der Waals surface area contributed by atoms with Crippen molar-refractivity contribution in [2.45, 2.75) is 11.7 Å². The van der Waals surface area contributed by atoms with Crippen LogP contribution in [0.3, 0.4) is 0 Å². The standard InChI is InChI=1S/C12H8Cl2N4O5S/c13-6-1-2-7(18(22)23)5(10(6)14)4-15-17-12-16-11(21)8(24-12)3-9(19)20/h1-2,4,8H,3H2,(H,19,20)(H,16,17,21). The van der Waals surface area contributed by atoms with Crippen LogP contribution in [0.1, 0.15) is 12.0 Å². The fourth-order valence-corrected chi connectivity index (χ4v) is 3.01. The highest BCUT2D eigenvalue weighted by Crippen LogP contribution is 2.31. The highest BCUT2D eigenvalue weighted by Gasteiger charge is 2.32. The Kier molecular flexibility index (Phi) is 5.75. The number of nitro groups is 1. The van der Waals surface area contributed by atoms with E-state index in [0.717, 1.165) is 18.0 Å². The summed E-state index contributed by atoms with van der Waals surface area (Å²) in [5.74, 6) is -1.61. The molecule has 24 heavy (non-hydrogen) atoms. The Morgan fingerprint density at radius 3 is 2.83 bits per heavy atom. The minimum absolute atomic E-state index is 0.0325. The predicted molar refractivity (Wildman–Crippen MR) is 89.9 cm³/mol. The first-order chi connectivity index (χ1) is 11.3. The number of nitrogens with one attached hydrogen (secondary N) is 1. The monoisotopic (exact) mass is 390 g/mol. The van der Waals surface area contributed by atoms with Gasteiger partial charge in [-0.05, 0) is 6.07 Å². The Morgan fingerprint density at radius 2 is 2.21 bits per heavy atom. The van der Waals surface area contributed by atoms with Crippen LogP contribution in [0.4, 0.5) is 5.69 Å². The number of thioether (sulfide) groups is 1. The van der Waals surface area contributed by atoms with Gasteiger partial charge in [-0.2, -0.15) is 5.10 Å². The van der Waals surface area contributed by atoms with Gasteiger partial charge in [0, 0.05) is 6.07 Å². The van der Waals surface area contributed by atoms with Gasteiger partial charge < -0.3 is 10.4 Å². The zero-order valence-electron chi connectivity index (χ0n) is 11.6. The van der Waals surface area contributed by atoms with Crippen molar-refractivity contribution in [2.75, 3.05) is 0 Å². The first-order valence-electron chi connectivity index (χ1n) is 6.22. The largest absolute Gasteiger partial charge is 0.481 e. The molecule has 0 aliphatic carbocycles. The molecular weight excluding hydrogens is 383 g/mol. The molecule has 0 aromatic heterocycles. The van der Waals surface area contributed by atoms with Crippen molar-refractivity contribution in [1.29, 1.82) is 0 Å². The lowest BCUT2D eigenvalue weighted by Crippen LogP contribution is -2.26. The summed E-state index contributed by atoms with van der Waals surface area (Å²) in [6.07, 6.45) is 0.682. The number of rotatable bonds is 5. The van der Waals surface area contributed by atoms with Gasteiger partial charge in [0.05, 0.1) is 33.2 Å². The lowest BCUT2D eigenvalue weighted by Gasteiger charge is -2.01. The van der Waals surface area contributed by atoms with Crippen LogP contribution in [-0.4, -0.2) is 38.5 Å². The zero-order chi connectivity index (χ0) is 17.9. The van der Waals surface area contributed by atoms with Crippen molar-refractivity contribution in [3.8, 4) is 0 Å². The predicted octanol–water partition coefficient (Wildman–Crippen LogP) is 2.30. The second kappa shape index (κ2) is 7.60. The van der Waals surface area contributed by atoms with Crippen LogP contribution in [0.15, 0.2) is 22.3 Å². The summed E-state index contributed by atoms with van der Waals surface area (Å²) in [6.45, 7) is 0. The maximum Gasteiger partial charge on any atom is 0.305 e. The highest BCUT2D eigenvalue weighted by atomic mass is 35.5. The van der Waals surface area contributed by atoms with Crippen molar-refractivity contribution in [2.24, 2.45) is 10.2 Å². The first kappa shape index (κ1) is 18.2. The van der Waals surface area contributed by atoms with Crippen molar-refractivity contribution in [3.63, 3.8) is 0 Å². The molecule has 1 aromatic rings. The van der Waals surface area contributed by atoms with Gasteiger partial charge in [-0.15, -0.1) is 5.10 Å². The number of hydrogen-bond donors (Lipinski definition) is 2. The average molecular weight is 391 g/mol. The van der Waals surface area contributed by atoms with Crippen molar-refractivity contribution in [3.05, 3.63) is 37.9 Å². The number of nitro benzene ring substituents is 1. The minimum atomic E-state index is -1.12. The minimum Gasteiger partial charge on any atom is -0.481 e. The van der Waals surface area contributed by atoms with E-state index in [1.807, 2.05) is 0 Å². The van der Waals surface area contributed by atoms with Crippen molar-refractivity contribution in [1.82, 2.24) is 5.32 Å². The summed E-state index contributed by atoms with van der Waals surface area (Å²) in [6, 6.07) is 2.46. The molecule has 1 unspecified atom stereocenters. The number of carbonyl (C=O) groups is 2. The molecule has 1 saturated heterocycles. The summed E-state index contributed by atoms with van der Waals surface area (Å²) in [7, 11) is 0. The summed E-state index contributed by atoms with van der Waals surface area (Å²) in [4.78, 5) is 32.5. The van der Waals surface area contributed by atoms with E-state index in [9.17, 15) is 19.7 Å². The van der Waals surface area contributed by atoms with Gasteiger partial charge in [-0.1, -0.05) is 35.0 Å². The highest BCUT2D eigenvalue weighted by molar-refractivity contribution is 8.15. The van der Waals surface area contributed by atoms with Gasteiger partial charge in [-0.25, -0.2) is 0 Å². The molecule has 126 valence electrons. The molecule has 0 radical (unpaired) electrons. The third-order valence-electron chi connectivity index (χ3n) is 2.78. The van der Waals surface area contributed by atoms with Crippen LogP contribution in [0.5, 0.6) is 0 Å². The molecule has 0 bridgehead atoms. The molecule has 1 aliphatic heterocycles. The Hall–Kier alpha value is -2.17. The third kappa shape index (κ3) is 4.22. The van der Waals surface area contributed by atoms with E-state index in [2.05, 4.69) is 15.5 Å². The van der Waals surface area contributed by atoms with E-state index in [1.165, 1.54) is 12.1 Å². The summed E-state index contributed by atoms with van der Waals surface area (Å²) < 4.78 is 0. The van der Waals surface area contributed by atoms with Crippen LogP contribution < -0.4 is 5.32 Å². The van der Waals surface area contributed by atoms with Gasteiger partial charge in [0.2, 0.25) is 5.91 Å². The van der Waals surface area contributed by atoms with Gasteiger partial charge in [0.15, 0.2) is 5.17 Å². The number of nitrogens with zero attached hydrogens (tertiary/aromatic N) is 3. The van der Waals surface area contributed by atoms with Gasteiger partial charge in [0.25, 0.3) is 5.69 Å². The van der Waals surface area contributed by atoms with Crippen LogP contribution in [0.25, 0.3) is 0 Å². The van der Waals surface area contributed by atoms with E-state index in [4.69, 9.17) is 28.3 Å². The summed E-state index contributed by atoms with van der Waals surface area (Å²) >= 11 is 12.6. The number of carbonyl (C=O) groups excluding carboxylic acids is 1. The normalized spacial score (nSPS) is 19.0. The van der Waals surface area contributed by atoms with Crippen LogP contribution in [-0.2, 0) is 9.59 Å². The van der Waals surface area contributed by atoms with E-state index in [1.54, 1.807) is 0 Å². The number of aliphatic carboxylic acids is 1. The molecule has 1 aliphatic rings. The van der Waals surface area contributed by atoms with Gasteiger partial charge >= 0.3 is 5.97 Å². The molecule has 12 heteroatoms. The van der Waals surface area contributed by atoms with Crippen molar-refractivity contribution < 1.29 is 19.6 Å². The second-order valence-corrected chi connectivity index (χ2v) is 6.37. The summed E-state index contributed by atoms with van der Waals surface area (Å²) in [5, 5.41) is 28.7. The Morgan fingerprint density at radius 1 is 1.50 bits per heavy atom. The number of amides is 1. The average Bonchev–Trinajstić information content (AvgIpc) is 2.82. The van der Waals surface area contributed by atoms with Crippen LogP contribution in [0, 0.1) is 10.1 Å². The molecule has 2 rings (SSSR count). The Balaban J connectivity index is 2.21. The molecule has 2 N–H and O–H groups in total. The lowest BCUT2D eigenvalue weighted by molar-refractivity contribution is -0.385. The number of carboxylic acids is 1. The molecular formula is C12H8Cl2N4O5S. The Labute approximate surface area is 148 Å². The van der Waals surface area contributed by atoms with E-state index >= 15 is 0 Å². The third-order valence-corrected chi connectivity index (χ3v) is 4.67. The SMILES string of the molecule is O=C(O)CC1SC(=NN=Cc2c([N+](=O)[O-])ccc(Cl)c2Cl)NC1=O. The zero-order valence-corrected chi connectivity index (χ0v) is 13.9. The van der Waals surface area contributed by atoms with E-state index < -0.39 is 22.0 Å². The molecule has 0 spiro atoms. The maximum atomic E-state index is 11.5. The van der Waals surface area contributed by atoms with Crippen molar-refractivity contribution >= 4 is 63.9 Å². The molecule has 1 aromatic carbocycles. The van der Waals surface area contributed by atoms with E-state index in [0.29, 0.717) is 0 Å².